The van der Waals surface area contributed by atoms with Crippen molar-refractivity contribution in [3.63, 3.8) is 0 Å². The van der Waals surface area contributed by atoms with Gasteiger partial charge in [0.05, 0.1) is 0 Å². The molecule has 0 unspecified atom stereocenters. The quantitative estimate of drug-likeness (QED) is 0.560. The predicted molar refractivity (Wildman–Crippen MR) is 98.3 cm³/mol. The van der Waals surface area contributed by atoms with Crippen LogP contribution in [0, 0.1) is 5.92 Å². The van der Waals surface area contributed by atoms with Crippen molar-refractivity contribution in [1.29, 1.82) is 0 Å². The largest absolute Gasteiger partial charge is 0.484 e. The van der Waals surface area contributed by atoms with E-state index in [0.29, 0.717) is 29.0 Å². The van der Waals surface area contributed by atoms with Gasteiger partial charge >= 0.3 is 5.63 Å². The zero-order valence-electron chi connectivity index (χ0n) is 15.4. The van der Waals surface area contributed by atoms with Crippen LogP contribution in [-0.2, 0) is 19.4 Å². The molecule has 0 radical (unpaired) electrons. The fourth-order valence-corrected chi connectivity index (χ4v) is 2.79. The van der Waals surface area contributed by atoms with Gasteiger partial charge in [0.15, 0.2) is 12.4 Å². The Kier molecular flexibility index (Phi) is 5.71. The lowest BCUT2D eigenvalue weighted by Crippen LogP contribution is -2.01. The molecule has 138 valence electrons. The van der Waals surface area contributed by atoms with Crippen LogP contribution in [0.5, 0.6) is 5.75 Å². The second-order valence-electron chi connectivity index (χ2n) is 6.82. The highest BCUT2D eigenvalue weighted by Gasteiger charge is 2.10. The van der Waals surface area contributed by atoms with Gasteiger partial charge in [-0.25, -0.2) is 4.79 Å². The molecule has 0 saturated heterocycles. The molecule has 3 aromatic rings. The molecule has 6 nitrogen and oxygen atoms in total. The van der Waals surface area contributed by atoms with Crippen molar-refractivity contribution in [2.45, 2.75) is 53.1 Å². The SMILES string of the molecule is CCCc1cc(=O)oc2cc(OCc3nc(CCC(C)C)no3)ccc12. The topological polar surface area (TPSA) is 78.4 Å². The van der Waals surface area contributed by atoms with Gasteiger partial charge in [-0.05, 0) is 36.5 Å². The summed E-state index contributed by atoms with van der Waals surface area (Å²) in [6, 6.07) is 7.06. The van der Waals surface area contributed by atoms with E-state index < -0.39 is 0 Å². The van der Waals surface area contributed by atoms with Crippen LogP contribution in [0.25, 0.3) is 11.0 Å². The number of aromatic nitrogens is 2. The number of hydrogen-bond donors (Lipinski definition) is 0. The van der Waals surface area contributed by atoms with Crippen LogP contribution in [0.1, 0.15) is 50.9 Å². The molecule has 0 saturated carbocycles. The molecule has 0 N–H and O–H groups in total. The Bertz CT molecular complexity index is 927. The van der Waals surface area contributed by atoms with Crippen LogP contribution in [0.2, 0.25) is 0 Å². The van der Waals surface area contributed by atoms with Crippen molar-refractivity contribution in [3.05, 3.63) is 52.0 Å². The lowest BCUT2D eigenvalue weighted by Gasteiger charge is -2.07. The zero-order chi connectivity index (χ0) is 18.5. The van der Waals surface area contributed by atoms with Crippen molar-refractivity contribution >= 4 is 11.0 Å². The van der Waals surface area contributed by atoms with Crippen molar-refractivity contribution in [2.75, 3.05) is 0 Å². The standard InChI is InChI=1S/C20H24N2O4/c1-4-5-14-10-20(23)25-17-11-15(7-8-16(14)17)24-12-19-21-18(22-26-19)9-6-13(2)3/h7-8,10-11,13H,4-6,9,12H2,1-3H3. The molecule has 26 heavy (non-hydrogen) atoms. The molecule has 2 heterocycles. The number of aryl methyl sites for hydroxylation is 2. The van der Waals surface area contributed by atoms with Crippen LogP contribution in [-0.4, -0.2) is 10.1 Å². The molecular formula is C20H24N2O4. The third-order valence-electron chi connectivity index (χ3n) is 4.14. The zero-order valence-corrected chi connectivity index (χ0v) is 15.4. The maximum Gasteiger partial charge on any atom is 0.336 e. The summed E-state index contributed by atoms with van der Waals surface area (Å²) >= 11 is 0. The number of rotatable bonds is 8. The molecule has 0 aliphatic rings. The van der Waals surface area contributed by atoms with E-state index >= 15 is 0 Å². The molecule has 2 aromatic heterocycles. The molecule has 6 heteroatoms. The molecule has 0 aliphatic heterocycles. The van der Waals surface area contributed by atoms with E-state index in [9.17, 15) is 4.79 Å². The molecule has 0 bridgehead atoms. The van der Waals surface area contributed by atoms with Crippen molar-refractivity contribution in [1.82, 2.24) is 10.1 Å². The first-order chi connectivity index (χ1) is 12.5. The summed E-state index contributed by atoms with van der Waals surface area (Å²) in [4.78, 5) is 16.1. The summed E-state index contributed by atoms with van der Waals surface area (Å²) < 4.78 is 16.3. The van der Waals surface area contributed by atoms with E-state index in [-0.39, 0.29) is 12.2 Å². The van der Waals surface area contributed by atoms with Gasteiger partial charge in [0, 0.05) is 23.9 Å². The van der Waals surface area contributed by atoms with Crippen LogP contribution >= 0.6 is 0 Å². The minimum Gasteiger partial charge on any atom is -0.484 e. The van der Waals surface area contributed by atoms with Gasteiger partial charge < -0.3 is 13.7 Å². The number of fused-ring (bicyclic) bond motifs is 1. The molecule has 0 aliphatic carbocycles. The highest BCUT2D eigenvalue weighted by molar-refractivity contribution is 5.81. The van der Waals surface area contributed by atoms with Crippen LogP contribution in [0.15, 0.2) is 38.0 Å². The number of ether oxygens (including phenoxy) is 1. The first-order valence-corrected chi connectivity index (χ1v) is 9.06. The molecule has 0 amide bonds. The Morgan fingerprint density at radius 3 is 2.81 bits per heavy atom. The minimum absolute atomic E-state index is 0.180. The monoisotopic (exact) mass is 356 g/mol. The van der Waals surface area contributed by atoms with E-state index in [1.165, 1.54) is 0 Å². The number of benzene rings is 1. The Morgan fingerprint density at radius 1 is 1.19 bits per heavy atom. The summed E-state index contributed by atoms with van der Waals surface area (Å²) in [5, 5.41) is 4.91. The van der Waals surface area contributed by atoms with Gasteiger partial charge in [0.2, 0.25) is 0 Å². The summed E-state index contributed by atoms with van der Waals surface area (Å²) in [5.74, 6) is 2.32. The van der Waals surface area contributed by atoms with Crippen molar-refractivity contribution < 1.29 is 13.7 Å². The minimum atomic E-state index is -0.343. The van der Waals surface area contributed by atoms with Gasteiger partial charge in [-0.1, -0.05) is 32.3 Å². The Balaban J connectivity index is 1.70. The summed E-state index contributed by atoms with van der Waals surface area (Å²) in [6.45, 7) is 6.58. The smallest absolute Gasteiger partial charge is 0.336 e. The van der Waals surface area contributed by atoms with Gasteiger partial charge in [-0.2, -0.15) is 4.98 Å². The fraction of sp³-hybridized carbons (Fsp3) is 0.450. The lowest BCUT2D eigenvalue weighted by molar-refractivity contribution is 0.242. The molecule has 1 aromatic carbocycles. The van der Waals surface area contributed by atoms with Gasteiger partial charge in [-0.3, -0.25) is 0 Å². The number of hydrogen-bond acceptors (Lipinski definition) is 6. The summed E-state index contributed by atoms with van der Waals surface area (Å²) in [6.07, 6.45) is 3.61. The van der Waals surface area contributed by atoms with Crippen molar-refractivity contribution in [3.8, 4) is 5.75 Å². The lowest BCUT2D eigenvalue weighted by atomic mass is 10.1. The van der Waals surface area contributed by atoms with Gasteiger partial charge in [0.25, 0.3) is 5.89 Å². The predicted octanol–water partition coefficient (Wildman–Crippen LogP) is 4.30. The third-order valence-corrected chi connectivity index (χ3v) is 4.14. The van der Waals surface area contributed by atoms with Crippen LogP contribution < -0.4 is 10.4 Å². The van der Waals surface area contributed by atoms with Crippen molar-refractivity contribution in [2.24, 2.45) is 5.92 Å². The van der Waals surface area contributed by atoms with Gasteiger partial charge in [-0.15, -0.1) is 0 Å². The van der Waals surface area contributed by atoms with E-state index in [0.717, 1.165) is 36.6 Å². The average molecular weight is 356 g/mol. The first kappa shape index (κ1) is 18.2. The molecular weight excluding hydrogens is 332 g/mol. The van der Waals surface area contributed by atoms with Crippen LogP contribution in [0.4, 0.5) is 0 Å². The second kappa shape index (κ2) is 8.17. The summed E-state index contributed by atoms with van der Waals surface area (Å²) in [5.41, 5.74) is 1.18. The summed E-state index contributed by atoms with van der Waals surface area (Å²) in [7, 11) is 0. The molecule has 3 rings (SSSR count). The number of nitrogens with zero attached hydrogens (tertiary/aromatic N) is 2. The molecule has 0 spiro atoms. The average Bonchev–Trinajstić information content (AvgIpc) is 3.06. The van der Waals surface area contributed by atoms with Gasteiger partial charge in [0.1, 0.15) is 11.3 Å². The molecule has 0 atom stereocenters. The maximum absolute atomic E-state index is 11.7. The van der Waals surface area contributed by atoms with Crippen LogP contribution in [0.3, 0.4) is 0 Å². The fourth-order valence-electron chi connectivity index (χ4n) is 2.79. The Hall–Kier alpha value is -2.63. The maximum atomic E-state index is 11.7. The van der Waals surface area contributed by atoms with E-state index in [1.54, 1.807) is 12.1 Å². The highest BCUT2D eigenvalue weighted by atomic mass is 16.5. The first-order valence-electron chi connectivity index (χ1n) is 9.06. The molecule has 0 fully saturated rings. The van der Waals surface area contributed by atoms with E-state index in [2.05, 4.69) is 30.9 Å². The normalized spacial score (nSPS) is 11.4. The Labute approximate surface area is 152 Å². The Morgan fingerprint density at radius 2 is 2.04 bits per heavy atom. The van der Waals surface area contributed by atoms with E-state index in [4.69, 9.17) is 13.7 Å². The van der Waals surface area contributed by atoms with E-state index in [1.807, 2.05) is 12.1 Å². The highest BCUT2D eigenvalue weighted by Crippen LogP contribution is 2.24. The second-order valence-corrected chi connectivity index (χ2v) is 6.82. The third kappa shape index (κ3) is 4.50.